The highest BCUT2D eigenvalue weighted by Crippen LogP contribution is 2.36. The van der Waals surface area contributed by atoms with Crippen molar-refractivity contribution in [3.05, 3.63) is 41.0 Å². The first-order valence-corrected chi connectivity index (χ1v) is 10.6. The molecule has 0 bridgehead atoms. The van der Waals surface area contributed by atoms with E-state index in [0.29, 0.717) is 17.3 Å². The third kappa shape index (κ3) is 4.16. The highest BCUT2D eigenvalue weighted by atomic mass is 16.5. The van der Waals surface area contributed by atoms with E-state index in [1.165, 1.54) is 0 Å². The van der Waals surface area contributed by atoms with Crippen molar-refractivity contribution in [3.8, 4) is 11.8 Å². The Kier molecular flexibility index (Phi) is 5.74. The van der Waals surface area contributed by atoms with Crippen LogP contribution in [0.4, 0.5) is 11.5 Å². The first-order chi connectivity index (χ1) is 14.9. The van der Waals surface area contributed by atoms with Gasteiger partial charge in [0.1, 0.15) is 11.3 Å². The third-order valence-electron chi connectivity index (χ3n) is 6.02. The number of hydrogen-bond acceptors (Lipinski definition) is 6. The van der Waals surface area contributed by atoms with Crippen LogP contribution in [-0.4, -0.2) is 27.8 Å². The van der Waals surface area contributed by atoms with Gasteiger partial charge in [0.15, 0.2) is 5.82 Å². The maximum absolute atomic E-state index is 12.1. The highest BCUT2D eigenvalue weighted by Gasteiger charge is 2.30. The van der Waals surface area contributed by atoms with Crippen molar-refractivity contribution in [1.29, 1.82) is 5.26 Å². The normalized spacial score (nSPS) is 20.5. The Morgan fingerprint density at radius 2 is 2.19 bits per heavy atom. The number of primary amides is 1. The Morgan fingerprint density at radius 3 is 2.90 bits per heavy atom. The number of aromatic nitrogens is 2. The molecule has 1 amide bonds. The van der Waals surface area contributed by atoms with E-state index in [1.807, 2.05) is 26.0 Å². The second kappa shape index (κ2) is 8.48. The number of carbonyl (C=O) groups is 1. The molecule has 2 aliphatic rings. The average Bonchev–Trinajstić information content (AvgIpc) is 3.17. The fourth-order valence-corrected chi connectivity index (χ4v) is 4.29. The number of nitriles is 1. The van der Waals surface area contributed by atoms with Crippen LogP contribution in [-0.2, 0) is 0 Å². The van der Waals surface area contributed by atoms with Crippen molar-refractivity contribution in [2.24, 2.45) is 17.6 Å². The lowest BCUT2D eigenvalue weighted by molar-refractivity contribution is 0.100. The minimum absolute atomic E-state index is 0.0673. The van der Waals surface area contributed by atoms with E-state index in [2.05, 4.69) is 16.5 Å². The third-order valence-corrected chi connectivity index (χ3v) is 6.02. The smallest absolute Gasteiger partial charge is 0.532 e. The summed E-state index contributed by atoms with van der Waals surface area (Å²) in [6, 6.07) is 7.75. The van der Waals surface area contributed by atoms with Gasteiger partial charge in [-0.3, -0.25) is 9.48 Å². The number of nitrogens with zero attached hydrogens (tertiary/aromatic N) is 3. The zero-order valence-corrected chi connectivity index (χ0v) is 17.7. The van der Waals surface area contributed by atoms with Crippen LogP contribution in [0.2, 0.25) is 0 Å². The molecule has 1 saturated carbocycles. The van der Waals surface area contributed by atoms with E-state index in [4.69, 9.17) is 10.4 Å². The van der Waals surface area contributed by atoms with Crippen LogP contribution >= 0.6 is 0 Å². The molecule has 31 heavy (non-hydrogen) atoms. The number of carbonyl (C=O) groups excluding carboxylic acids is 1. The maximum atomic E-state index is 12.1. The fourth-order valence-electron chi connectivity index (χ4n) is 4.29. The predicted octanol–water partition coefficient (Wildman–Crippen LogP) is 3.43. The maximum Gasteiger partial charge on any atom is 0.556 e. The quantitative estimate of drug-likeness (QED) is 0.638. The molecule has 2 heterocycles. The molecule has 1 aromatic carbocycles. The van der Waals surface area contributed by atoms with Crippen LogP contribution in [0, 0.1) is 23.2 Å². The van der Waals surface area contributed by atoms with Crippen molar-refractivity contribution >= 4 is 30.6 Å². The van der Waals surface area contributed by atoms with Crippen LogP contribution in [0.5, 0.6) is 5.75 Å². The molecule has 2 aromatic rings. The molecule has 1 aliphatic heterocycles. The summed E-state index contributed by atoms with van der Waals surface area (Å²) >= 11 is 0. The van der Waals surface area contributed by atoms with Gasteiger partial charge < -0.3 is 20.7 Å². The van der Waals surface area contributed by atoms with Gasteiger partial charge >= 0.3 is 7.12 Å². The first-order valence-electron chi connectivity index (χ1n) is 10.6. The predicted molar refractivity (Wildman–Crippen MR) is 118 cm³/mol. The number of rotatable bonds is 5. The molecule has 0 saturated heterocycles. The van der Waals surface area contributed by atoms with E-state index < -0.39 is 13.0 Å². The summed E-state index contributed by atoms with van der Waals surface area (Å²) in [6.07, 6.45) is 7.29. The molecular formula is C22H26BN5O3. The van der Waals surface area contributed by atoms with Crippen LogP contribution in [0.25, 0.3) is 6.08 Å². The zero-order chi connectivity index (χ0) is 22.1. The molecule has 2 atom stereocenters. The molecule has 1 aromatic heterocycles. The Labute approximate surface area is 181 Å². The van der Waals surface area contributed by atoms with Crippen molar-refractivity contribution in [2.45, 2.75) is 45.6 Å². The number of benzene rings is 1. The van der Waals surface area contributed by atoms with E-state index >= 15 is 0 Å². The van der Waals surface area contributed by atoms with Crippen LogP contribution < -0.4 is 15.7 Å². The number of hydrogen-bond donors (Lipinski definition) is 3. The van der Waals surface area contributed by atoms with Crippen LogP contribution in [0.15, 0.2) is 29.9 Å². The minimum Gasteiger partial charge on any atom is -0.532 e. The van der Waals surface area contributed by atoms with Gasteiger partial charge in [-0.2, -0.15) is 10.4 Å². The lowest BCUT2D eigenvalue weighted by atomic mass is 9.70. The Hall–Kier alpha value is -3.25. The Bertz CT molecular complexity index is 1070. The number of anilines is 2. The topological polar surface area (TPSA) is 126 Å². The summed E-state index contributed by atoms with van der Waals surface area (Å²) in [7, 11) is -0.952. The van der Waals surface area contributed by atoms with Crippen molar-refractivity contribution in [2.75, 3.05) is 5.32 Å². The van der Waals surface area contributed by atoms with Gasteiger partial charge in [0, 0.05) is 17.4 Å². The first kappa shape index (κ1) is 21.0. The summed E-state index contributed by atoms with van der Waals surface area (Å²) in [5.74, 6) is 0.376. The number of amides is 1. The second-order valence-electron chi connectivity index (χ2n) is 8.47. The van der Waals surface area contributed by atoms with E-state index in [9.17, 15) is 15.1 Å². The molecule has 160 valence electrons. The molecule has 4 rings (SSSR count). The van der Waals surface area contributed by atoms with Gasteiger partial charge in [-0.25, -0.2) is 0 Å². The molecule has 1 aliphatic carbocycles. The molecule has 0 radical (unpaired) electrons. The van der Waals surface area contributed by atoms with Crippen molar-refractivity contribution < 1.29 is 14.5 Å². The summed E-state index contributed by atoms with van der Waals surface area (Å²) in [5.41, 5.74) is 8.23. The summed E-state index contributed by atoms with van der Waals surface area (Å²) in [5, 5.41) is 27.4. The number of nitrogens with two attached hydrogens (primary N) is 1. The largest absolute Gasteiger partial charge is 0.556 e. The lowest BCUT2D eigenvalue weighted by Gasteiger charge is -2.26. The van der Waals surface area contributed by atoms with Gasteiger partial charge in [0.05, 0.1) is 18.0 Å². The van der Waals surface area contributed by atoms with Crippen LogP contribution in [0.1, 0.15) is 61.5 Å². The van der Waals surface area contributed by atoms with Gasteiger partial charge in [0.2, 0.25) is 0 Å². The molecule has 4 N–H and O–H groups in total. The Balaban J connectivity index is 1.65. The monoisotopic (exact) mass is 419 g/mol. The van der Waals surface area contributed by atoms with Gasteiger partial charge in [-0.05, 0) is 42.4 Å². The van der Waals surface area contributed by atoms with Crippen molar-refractivity contribution in [3.63, 3.8) is 0 Å². The Morgan fingerprint density at radius 1 is 1.42 bits per heavy atom. The van der Waals surface area contributed by atoms with E-state index in [1.54, 1.807) is 23.0 Å². The van der Waals surface area contributed by atoms with Crippen LogP contribution in [0.3, 0.4) is 0 Å². The fraction of sp³-hybridized carbons (Fsp3) is 0.409. The summed E-state index contributed by atoms with van der Waals surface area (Å²) in [6.45, 7) is 3.99. The SMILES string of the molecule is CC(C)C1=Cc2cc(Nc3nn([C@@H]4CCCC[C@H]4C#N)cc3C(N)=O)ccc2OB1O. The van der Waals surface area contributed by atoms with Crippen molar-refractivity contribution in [1.82, 2.24) is 9.78 Å². The summed E-state index contributed by atoms with van der Waals surface area (Å²) in [4.78, 5) is 12.1. The second-order valence-corrected chi connectivity index (χ2v) is 8.47. The number of fused-ring (bicyclic) bond motifs is 1. The van der Waals surface area contributed by atoms with E-state index in [-0.39, 0.29) is 23.4 Å². The van der Waals surface area contributed by atoms with E-state index in [0.717, 1.165) is 36.7 Å². The highest BCUT2D eigenvalue weighted by molar-refractivity contribution is 6.55. The standard InChI is InChI=1S/C22H26BN5O3/c1-13(2)18-10-15-9-16(7-8-20(15)31-23(18)30)26-22-17(21(25)29)12-28(27-22)19-6-4-3-5-14(19)11-24/h7-10,12-14,19,30H,3-6H2,1-2H3,(H2,25,29)(H,26,27)/t14-,19+/m0/s1. The average molecular weight is 419 g/mol. The molecule has 9 heteroatoms. The lowest BCUT2D eigenvalue weighted by Crippen LogP contribution is -2.30. The molecule has 1 fully saturated rings. The minimum atomic E-state index is -0.952. The number of nitrogens with one attached hydrogen (secondary N) is 1. The van der Waals surface area contributed by atoms with Gasteiger partial charge in [0.25, 0.3) is 5.91 Å². The van der Waals surface area contributed by atoms with Gasteiger partial charge in [-0.15, -0.1) is 0 Å². The molecular weight excluding hydrogens is 393 g/mol. The molecule has 8 nitrogen and oxygen atoms in total. The summed E-state index contributed by atoms with van der Waals surface area (Å²) < 4.78 is 7.33. The van der Waals surface area contributed by atoms with Gasteiger partial charge in [-0.1, -0.05) is 32.8 Å². The zero-order valence-electron chi connectivity index (χ0n) is 17.7. The molecule has 0 spiro atoms. The molecule has 0 unspecified atom stereocenters. The number of allylic oxidation sites excluding steroid dienone is 1.